The van der Waals surface area contributed by atoms with E-state index in [1.54, 1.807) is 0 Å². The lowest BCUT2D eigenvalue weighted by molar-refractivity contribution is 0.0702. The fourth-order valence-corrected chi connectivity index (χ4v) is 2.16. The Morgan fingerprint density at radius 2 is 1.88 bits per heavy atom. The second-order valence-corrected chi connectivity index (χ2v) is 4.39. The minimum absolute atomic E-state index is 0.185. The van der Waals surface area contributed by atoms with E-state index in [0.717, 1.165) is 28.2 Å². The second kappa shape index (κ2) is 4.02. The van der Waals surface area contributed by atoms with Gasteiger partial charge in [-0.05, 0) is 37.5 Å². The molecule has 1 aromatic carbocycles. The SMILES string of the molecule is Cc1cc(C)cc(-c2nnsc2C(=O)O)c1. The molecule has 0 atom stereocenters. The van der Waals surface area contributed by atoms with Crippen molar-refractivity contribution in [1.82, 2.24) is 9.59 Å². The molecule has 0 aliphatic rings. The number of hydrogen-bond acceptors (Lipinski definition) is 4. The molecule has 1 heterocycles. The highest BCUT2D eigenvalue weighted by Gasteiger charge is 2.16. The van der Waals surface area contributed by atoms with E-state index in [9.17, 15) is 4.79 Å². The van der Waals surface area contributed by atoms with Crippen molar-refractivity contribution in [3.05, 3.63) is 34.2 Å². The van der Waals surface area contributed by atoms with Crippen LogP contribution in [0.25, 0.3) is 11.3 Å². The van der Waals surface area contributed by atoms with Crippen LogP contribution in [0.1, 0.15) is 20.8 Å². The molecule has 0 unspecified atom stereocenters. The fourth-order valence-electron chi connectivity index (χ4n) is 1.63. The summed E-state index contributed by atoms with van der Waals surface area (Å²) in [5, 5.41) is 12.9. The van der Waals surface area contributed by atoms with Crippen LogP contribution < -0.4 is 0 Å². The number of hydrogen-bond donors (Lipinski definition) is 1. The average Bonchev–Trinajstić information content (AvgIpc) is 2.63. The number of rotatable bonds is 2. The summed E-state index contributed by atoms with van der Waals surface area (Å²) in [6, 6.07) is 5.86. The summed E-state index contributed by atoms with van der Waals surface area (Å²) in [7, 11) is 0. The number of carboxylic acids is 1. The molecular weight excluding hydrogens is 224 g/mol. The van der Waals surface area contributed by atoms with Crippen LogP contribution in [0.5, 0.6) is 0 Å². The molecule has 1 aromatic heterocycles. The minimum atomic E-state index is -0.982. The molecule has 0 radical (unpaired) electrons. The van der Waals surface area contributed by atoms with Crippen LogP contribution in [0.3, 0.4) is 0 Å². The van der Waals surface area contributed by atoms with Crippen LogP contribution in [-0.2, 0) is 0 Å². The first-order valence-electron chi connectivity index (χ1n) is 4.72. The molecule has 0 spiro atoms. The summed E-state index contributed by atoms with van der Waals surface area (Å²) in [5.74, 6) is -0.982. The number of aryl methyl sites for hydroxylation is 2. The van der Waals surface area contributed by atoms with E-state index in [1.807, 2.05) is 32.0 Å². The summed E-state index contributed by atoms with van der Waals surface area (Å²) >= 11 is 0.904. The van der Waals surface area contributed by atoms with Gasteiger partial charge in [-0.15, -0.1) is 5.10 Å². The zero-order chi connectivity index (χ0) is 11.7. The van der Waals surface area contributed by atoms with Crippen molar-refractivity contribution < 1.29 is 9.90 Å². The van der Waals surface area contributed by atoms with Gasteiger partial charge in [-0.2, -0.15) is 0 Å². The van der Waals surface area contributed by atoms with E-state index in [-0.39, 0.29) is 4.88 Å². The van der Waals surface area contributed by atoms with Gasteiger partial charge in [0.1, 0.15) is 5.69 Å². The Bertz CT molecular complexity index is 528. The molecule has 0 saturated heterocycles. The summed E-state index contributed by atoms with van der Waals surface area (Å²) in [6.45, 7) is 3.94. The van der Waals surface area contributed by atoms with Crippen LogP contribution in [0.2, 0.25) is 0 Å². The van der Waals surface area contributed by atoms with E-state index in [4.69, 9.17) is 5.11 Å². The largest absolute Gasteiger partial charge is 0.477 e. The third-order valence-electron chi connectivity index (χ3n) is 2.18. The number of carboxylic acid groups (broad SMARTS) is 1. The van der Waals surface area contributed by atoms with Gasteiger partial charge in [0.05, 0.1) is 0 Å². The summed E-state index contributed by atoms with van der Waals surface area (Å²) < 4.78 is 3.69. The molecule has 0 bridgehead atoms. The summed E-state index contributed by atoms with van der Waals surface area (Å²) in [4.78, 5) is 11.1. The smallest absolute Gasteiger partial charge is 0.349 e. The van der Waals surface area contributed by atoms with Crippen LogP contribution in [0, 0.1) is 13.8 Å². The topological polar surface area (TPSA) is 63.1 Å². The molecule has 0 aliphatic heterocycles. The summed E-state index contributed by atoms with van der Waals surface area (Å²) in [5.41, 5.74) is 3.42. The Morgan fingerprint density at radius 1 is 1.25 bits per heavy atom. The van der Waals surface area contributed by atoms with E-state index in [1.165, 1.54) is 0 Å². The van der Waals surface area contributed by atoms with Gasteiger partial charge in [0.15, 0.2) is 4.88 Å². The van der Waals surface area contributed by atoms with Crippen molar-refractivity contribution in [2.75, 3.05) is 0 Å². The zero-order valence-electron chi connectivity index (χ0n) is 8.89. The van der Waals surface area contributed by atoms with Gasteiger partial charge in [0.25, 0.3) is 0 Å². The molecule has 16 heavy (non-hydrogen) atoms. The highest BCUT2D eigenvalue weighted by Crippen LogP contribution is 2.25. The molecular formula is C11H10N2O2S. The van der Waals surface area contributed by atoms with Crippen molar-refractivity contribution in [2.45, 2.75) is 13.8 Å². The number of aromatic nitrogens is 2. The van der Waals surface area contributed by atoms with Crippen molar-refractivity contribution >= 4 is 17.5 Å². The van der Waals surface area contributed by atoms with E-state index in [0.29, 0.717) is 5.69 Å². The lowest BCUT2D eigenvalue weighted by atomic mass is 10.0. The van der Waals surface area contributed by atoms with Gasteiger partial charge < -0.3 is 5.11 Å². The van der Waals surface area contributed by atoms with Gasteiger partial charge in [-0.3, -0.25) is 0 Å². The van der Waals surface area contributed by atoms with E-state index >= 15 is 0 Å². The quantitative estimate of drug-likeness (QED) is 0.867. The first-order valence-corrected chi connectivity index (χ1v) is 5.49. The van der Waals surface area contributed by atoms with Gasteiger partial charge >= 0.3 is 5.97 Å². The van der Waals surface area contributed by atoms with E-state index in [2.05, 4.69) is 9.59 Å². The fraction of sp³-hybridized carbons (Fsp3) is 0.182. The number of nitrogens with zero attached hydrogens (tertiary/aromatic N) is 2. The lowest BCUT2D eigenvalue weighted by Gasteiger charge is -2.02. The second-order valence-electron chi connectivity index (χ2n) is 3.63. The average molecular weight is 234 g/mol. The van der Waals surface area contributed by atoms with Crippen molar-refractivity contribution in [3.63, 3.8) is 0 Å². The van der Waals surface area contributed by atoms with Crippen LogP contribution >= 0.6 is 11.5 Å². The van der Waals surface area contributed by atoms with Crippen molar-refractivity contribution in [3.8, 4) is 11.3 Å². The maximum absolute atomic E-state index is 11.0. The molecule has 5 heteroatoms. The first kappa shape index (κ1) is 10.8. The maximum atomic E-state index is 11.0. The van der Waals surface area contributed by atoms with Crippen molar-refractivity contribution in [1.29, 1.82) is 0 Å². The molecule has 2 aromatic rings. The lowest BCUT2D eigenvalue weighted by Crippen LogP contribution is -1.96. The standard InChI is InChI=1S/C11H10N2O2S/c1-6-3-7(2)5-8(4-6)9-10(11(14)15)16-13-12-9/h3-5H,1-2H3,(H,14,15). The predicted molar refractivity (Wildman–Crippen MR) is 61.8 cm³/mol. The monoisotopic (exact) mass is 234 g/mol. The summed E-state index contributed by atoms with van der Waals surface area (Å²) in [6.07, 6.45) is 0. The highest BCUT2D eigenvalue weighted by molar-refractivity contribution is 7.08. The predicted octanol–water partition coefficient (Wildman–Crippen LogP) is 2.52. The van der Waals surface area contributed by atoms with Gasteiger partial charge in [0.2, 0.25) is 0 Å². The molecule has 0 fully saturated rings. The van der Waals surface area contributed by atoms with Crippen LogP contribution in [-0.4, -0.2) is 20.7 Å². The van der Waals surface area contributed by atoms with Crippen LogP contribution in [0.4, 0.5) is 0 Å². The number of aromatic carboxylic acids is 1. The highest BCUT2D eigenvalue weighted by atomic mass is 32.1. The number of carbonyl (C=O) groups is 1. The zero-order valence-corrected chi connectivity index (χ0v) is 9.71. The Morgan fingerprint density at radius 3 is 2.44 bits per heavy atom. The molecule has 0 amide bonds. The first-order chi connectivity index (χ1) is 7.58. The molecule has 0 aliphatic carbocycles. The van der Waals surface area contributed by atoms with Crippen molar-refractivity contribution in [2.24, 2.45) is 0 Å². The number of benzene rings is 1. The molecule has 1 N–H and O–H groups in total. The van der Waals surface area contributed by atoms with Crippen LogP contribution in [0.15, 0.2) is 18.2 Å². The van der Waals surface area contributed by atoms with E-state index < -0.39 is 5.97 Å². The van der Waals surface area contributed by atoms with Gasteiger partial charge in [-0.25, -0.2) is 4.79 Å². The normalized spacial score (nSPS) is 10.4. The third-order valence-corrected chi connectivity index (χ3v) is 2.89. The Balaban J connectivity index is 2.58. The molecule has 2 rings (SSSR count). The third kappa shape index (κ3) is 1.94. The Labute approximate surface area is 96.7 Å². The Hall–Kier alpha value is -1.75. The molecule has 82 valence electrons. The Kier molecular flexibility index (Phi) is 2.70. The van der Waals surface area contributed by atoms with Gasteiger partial charge in [-0.1, -0.05) is 21.7 Å². The maximum Gasteiger partial charge on any atom is 0.349 e. The minimum Gasteiger partial charge on any atom is -0.477 e. The molecule has 0 saturated carbocycles. The molecule has 4 nitrogen and oxygen atoms in total. The van der Waals surface area contributed by atoms with Gasteiger partial charge in [0, 0.05) is 5.56 Å².